The van der Waals surface area contributed by atoms with Gasteiger partial charge in [-0.25, -0.2) is 4.79 Å². The van der Waals surface area contributed by atoms with Crippen LogP contribution in [0.25, 0.3) is 0 Å². The first kappa shape index (κ1) is 10.4. The van der Waals surface area contributed by atoms with Gasteiger partial charge in [0.1, 0.15) is 5.75 Å². The molecule has 0 unspecified atom stereocenters. The zero-order valence-electron chi connectivity index (χ0n) is 9.77. The van der Waals surface area contributed by atoms with Gasteiger partial charge in [0, 0.05) is 18.5 Å². The highest BCUT2D eigenvalue weighted by molar-refractivity contribution is 5.89. The Morgan fingerprint density at radius 2 is 2.12 bits per heavy atom. The molecule has 1 saturated heterocycles. The Morgan fingerprint density at radius 1 is 1.41 bits per heavy atom. The van der Waals surface area contributed by atoms with E-state index in [4.69, 9.17) is 9.84 Å². The van der Waals surface area contributed by atoms with E-state index in [0.29, 0.717) is 11.0 Å². The summed E-state index contributed by atoms with van der Waals surface area (Å²) in [7, 11) is 1.62. The minimum Gasteiger partial charge on any atom is -0.495 e. The summed E-state index contributed by atoms with van der Waals surface area (Å²) in [6.07, 6.45) is 2.62. The normalized spacial score (nSPS) is 19.9. The number of aromatic carboxylic acids is 1. The molecule has 1 aliphatic carbocycles. The number of carboxylic acids is 1. The Bertz CT molecular complexity index is 472. The highest BCUT2D eigenvalue weighted by atomic mass is 16.5. The van der Waals surface area contributed by atoms with Gasteiger partial charge in [-0.2, -0.15) is 0 Å². The SMILES string of the molecule is COc1ccc(C(=O)O)cc1N1CC2(CC2)C1. The first-order valence-electron chi connectivity index (χ1n) is 5.80. The van der Waals surface area contributed by atoms with Crippen molar-refractivity contribution in [1.82, 2.24) is 0 Å². The molecule has 0 radical (unpaired) electrons. The van der Waals surface area contributed by atoms with Crippen LogP contribution in [0.3, 0.4) is 0 Å². The summed E-state index contributed by atoms with van der Waals surface area (Å²) in [6.45, 7) is 2.07. The average Bonchev–Trinajstić information content (AvgIpc) is 3.06. The van der Waals surface area contributed by atoms with Crippen molar-refractivity contribution in [3.05, 3.63) is 23.8 Å². The lowest BCUT2D eigenvalue weighted by Crippen LogP contribution is -2.48. The molecule has 1 N–H and O–H groups in total. The molecule has 4 heteroatoms. The number of anilines is 1. The number of ether oxygens (including phenoxy) is 1. The van der Waals surface area contributed by atoms with E-state index >= 15 is 0 Å². The molecule has 1 saturated carbocycles. The molecule has 1 aromatic rings. The third-order valence-corrected chi connectivity index (χ3v) is 3.78. The van der Waals surface area contributed by atoms with E-state index in [1.54, 1.807) is 25.3 Å². The molecule has 0 bridgehead atoms. The quantitative estimate of drug-likeness (QED) is 0.867. The minimum atomic E-state index is -0.893. The zero-order valence-corrected chi connectivity index (χ0v) is 9.77. The molecule has 4 nitrogen and oxygen atoms in total. The summed E-state index contributed by atoms with van der Waals surface area (Å²) in [4.78, 5) is 13.2. The molecule has 1 aromatic carbocycles. The molecular weight excluding hydrogens is 218 g/mol. The van der Waals surface area contributed by atoms with Crippen molar-refractivity contribution < 1.29 is 14.6 Å². The molecule has 0 atom stereocenters. The number of hydrogen-bond donors (Lipinski definition) is 1. The third-order valence-electron chi connectivity index (χ3n) is 3.78. The van der Waals surface area contributed by atoms with Crippen molar-refractivity contribution in [3.8, 4) is 5.75 Å². The van der Waals surface area contributed by atoms with Crippen LogP contribution in [0.5, 0.6) is 5.75 Å². The van der Waals surface area contributed by atoms with Crippen LogP contribution in [0.1, 0.15) is 23.2 Å². The maximum absolute atomic E-state index is 11.0. The van der Waals surface area contributed by atoms with Crippen LogP contribution >= 0.6 is 0 Å². The maximum atomic E-state index is 11.0. The Hall–Kier alpha value is -1.71. The van der Waals surface area contributed by atoms with Gasteiger partial charge in [0.25, 0.3) is 0 Å². The molecular formula is C13H15NO3. The van der Waals surface area contributed by atoms with Gasteiger partial charge in [0.2, 0.25) is 0 Å². The summed E-state index contributed by atoms with van der Waals surface area (Å²) in [6, 6.07) is 5.02. The number of rotatable bonds is 3. The van der Waals surface area contributed by atoms with Crippen LogP contribution in [0.15, 0.2) is 18.2 Å². The van der Waals surface area contributed by atoms with Gasteiger partial charge in [-0.3, -0.25) is 0 Å². The number of benzene rings is 1. The minimum absolute atomic E-state index is 0.317. The number of hydrogen-bond acceptors (Lipinski definition) is 3. The van der Waals surface area contributed by atoms with Crippen molar-refractivity contribution in [2.24, 2.45) is 5.41 Å². The summed E-state index contributed by atoms with van der Waals surface area (Å²) >= 11 is 0. The predicted octanol–water partition coefficient (Wildman–Crippen LogP) is 1.99. The molecule has 3 rings (SSSR count). The molecule has 1 spiro atoms. The monoisotopic (exact) mass is 233 g/mol. The number of methoxy groups -OCH3 is 1. The molecule has 90 valence electrons. The fourth-order valence-electron chi connectivity index (χ4n) is 2.50. The van der Waals surface area contributed by atoms with Gasteiger partial charge in [0.05, 0.1) is 18.4 Å². The molecule has 1 heterocycles. The molecule has 17 heavy (non-hydrogen) atoms. The second-order valence-corrected chi connectivity index (χ2v) is 5.05. The Morgan fingerprint density at radius 3 is 2.65 bits per heavy atom. The highest BCUT2D eigenvalue weighted by Crippen LogP contribution is 2.54. The summed E-state index contributed by atoms with van der Waals surface area (Å²) in [5.74, 6) is -0.138. The van der Waals surface area contributed by atoms with E-state index in [-0.39, 0.29) is 0 Å². The van der Waals surface area contributed by atoms with Gasteiger partial charge < -0.3 is 14.7 Å². The fourth-order valence-corrected chi connectivity index (χ4v) is 2.50. The van der Waals surface area contributed by atoms with Gasteiger partial charge in [-0.15, -0.1) is 0 Å². The predicted molar refractivity (Wildman–Crippen MR) is 63.8 cm³/mol. The number of carbonyl (C=O) groups is 1. The third kappa shape index (κ3) is 1.64. The van der Waals surface area contributed by atoms with E-state index in [2.05, 4.69) is 4.90 Å². The van der Waals surface area contributed by atoms with E-state index in [9.17, 15) is 4.79 Å². The molecule has 2 fully saturated rings. The van der Waals surface area contributed by atoms with Gasteiger partial charge >= 0.3 is 5.97 Å². The van der Waals surface area contributed by atoms with Crippen LogP contribution < -0.4 is 9.64 Å². The van der Waals surface area contributed by atoms with E-state index in [1.807, 2.05) is 0 Å². The van der Waals surface area contributed by atoms with E-state index in [0.717, 1.165) is 24.5 Å². The second-order valence-electron chi connectivity index (χ2n) is 5.05. The van der Waals surface area contributed by atoms with E-state index < -0.39 is 5.97 Å². The molecule has 1 aliphatic heterocycles. The number of carboxylic acid groups (broad SMARTS) is 1. The van der Waals surface area contributed by atoms with Crippen LogP contribution in [0.4, 0.5) is 5.69 Å². The topological polar surface area (TPSA) is 49.8 Å². The Labute approximate surface area is 99.8 Å². The Kier molecular flexibility index (Phi) is 2.08. The maximum Gasteiger partial charge on any atom is 0.335 e. The molecule has 2 aliphatic rings. The van der Waals surface area contributed by atoms with Crippen molar-refractivity contribution >= 4 is 11.7 Å². The van der Waals surface area contributed by atoms with Crippen LogP contribution in [-0.4, -0.2) is 31.3 Å². The van der Waals surface area contributed by atoms with Gasteiger partial charge in [-0.1, -0.05) is 0 Å². The van der Waals surface area contributed by atoms with Gasteiger partial charge in [0.15, 0.2) is 0 Å². The first-order chi connectivity index (χ1) is 8.13. The average molecular weight is 233 g/mol. The zero-order chi connectivity index (χ0) is 12.0. The van der Waals surface area contributed by atoms with Crippen LogP contribution in [0, 0.1) is 5.41 Å². The Balaban J connectivity index is 1.89. The van der Waals surface area contributed by atoms with Gasteiger partial charge in [-0.05, 0) is 31.0 Å². The smallest absolute Gasteiger partial charge is 0.335 e. The lowest BCUT2D eigenvalue weighted by Gasteiger charge is -2.42. The van der Waals surface area contributed by atoms with Crippen LogP contribution in [-0.2, 0) is 0 Å². The van der Waals surface area contributed by atoms with Crippen LogP contribution in [0.2, 0.25) is 0 Å². The highest BCUT2D eigenvalue weighted by Gasteiger charge is 2.52. The largest absolute Gasteiger partial charge is 0.495 e. The first-order valence-corrected chi connectivity index (χ1v) is 5.80. The number of nitrogens with zero attached hydrogens (tertiary/aromatic N) is 1. The van der Waals surface area contributed by atoms with Crippen molar-refractivity contribution in [2.45, 2.75) is 12.8 Å². The van der Waals surface area contributed by atoms with Crippen molar-refractivity contribution in [1.29, 1.82) is 0 Å². The second kappa shape index (κ2) is 3.39. The van der Waals surface area contributed by atoms with E-state index in [1.165, 1.54) is 12.8 Å². The summed E-state index contributed by atoms with van der Waals surface area (Å²) in [5, 5.41) is 9.00. The summed E-state index contributed by atoms with van der Waals surface area (Å²) < 4.78 is 5.29. The summed E-state index contributed by atoms with van der Waals surface area (Å²) in [5.41, 5.74) is 1.77. The van der Waals surface area contributed by atoms with Crippen molar-refractivity contribution in [3.63, 3.8) is 0 Å². The fraction of sp³-hybridized carbons (Fsp3) is 0.462. The molecule has 0 amide bonds. The lowest BCUT2D eigenvalue weighted by molar-refractivity contribution is 0.0697. The van der Waals surface area contributed by atoms with Crippen molar-refractivity contribution in [2.75, 3.05) is 25.1 Å². The molecule has 0 aromatic heterocycles. The lowest BCUT2D eigenvalue weighted by atomic mass is 9.95. The standard InChI is InChI=1S/C13H15NO3/c1-17-11-3-2-9(12(15)16)6-10(11)14-7-13(8-14)4-5-13/h2-3,6H,4-5,7-8H2,1H3,(H,15,16).